The minimum absolute atomic E-state index is 0.0851. The molecule has 3 aromatic carbocycles. The Hall–Kier alpha value is -3.56. The van der Waals surface area contributed by atoms with Gasteiger partial charge in [-0.15, -0.1) is 5.10 Å². The second-order valence-electron chi connectivity index (χ2n) is 6.76. The fourth-order valence-corrected chi connectivity index (χ4v) is 4.94. The van der Waals surface area contributed by atoms with E-state index in [0.29, 0.717) is 16.8 Å². The van der Waals surface area contributed by atoms with Crippen LogP contribution < -0.4 is 0 Å². The summed E-state index contributed by atoms with van der Waals surface area (Å²) in [5.74, 6) is 0. The lowest BCUT2D eigenvalue weighted by atomic mass is 9.76. The van der Waals surface area contributed by atoms with Gasteiger partial charge in [0.1, 0.15) is 5.71 Å². The molecule has 5 nitrogen and oxygen atoms in total. The molecule has 3 aromatic rings. The molecule has 1 aliphatic rings. The molecule has 0 N–H and O–H groups in total. The van der Waals surface area contributed by atoms with E-state index in [9.17, 15) is 13.7 Å². The zero-order valence-corrected chi connectivity index (χ0v) is 16.5. The molecule has 0 radical (unpaired) electrons. The van der Waals surface area contributed by atoms with Crippen molar-refractivity contribution in [1.82, 2.24) is 0 Å². The van der Waals surface area contributed by atoms with Crippen LogP contribution >= 0.6 is 0 Å². The molecule has 0 saturated heterocycles. The van der Waals surface area contributed by atoms with Gasteiger partial charge in [0.05, 0.1) is 11.0 Å². The van der Waals surface area contributed by atoms with E-state index in [1.54, 1.807) is 48.5 Å². The van der Waals surface area contributed by atoms with Crippen molar-refractivity contribution < 1.29 is 8.42 Å². The third-order valence-corrected chi connectivity index (χ3v) is 6.71. The minimum atomic E-state index is -4.05. The molecule has 0 saturated carbocycles. The Morgan fingerprint density at radius 1 is 0.828 bits per heavy atom. The van der Waals surface area contributed by atoms with Gasteiger partial charge in [-0.05, 0) is 24.6 Å². The van der Waals surface area contributed by atoms with Gasteiger partial charge in [0.25, 0.3) is 0 Å². The first-order chi connectivity index (χ1) is 14.0. The van der Waals surface area contributed by atoms with Crippen LogP contribution in [0.1, 0.15) is 16.7 Å². The molecule has 4 rings (SSSR count). The van der Waals surface area contributed by atoms with Crippen LogP contribution in [0.5, 0.6) is 0 Å². The normalized spacial score (nSPS) is 18.6. The number of sulfone groups is 1. The number of nitrogens with zero attached hydrogens (tertiary/aromatic N) is 3. The highest BCUT2D eigenvalue weighted by Gasteiger charge is 2.53. The predicted molar refractivity (Wildman–Crippen MR) is 113 cm³/mol. The van der Waals surface area contributed by atoms with Crippen molar-refractivity contribution in [1.29, 1.82) is 5.26 Å². The van der Waals surface area contributed by atoms with E-state index in [4.69, 9.17) is 0 Å². The van der Waals surface area contributed by atoms with Gasteiger partial charge in [0.15, 0.2) is 10.5 Å². The number of nitriles is 1. The summed E-state index contributed by atoms with van der Waals surface area (Å²) in [6.07, 6.45) is 0. The van der Waals surface area contributed by atoms with E-state index in [1.807, 2.05) is 31.2 Å². The van der Waals surface area contributed by atoms with Crippen molar-refractivity contribution in [3.05, 3.63) is 102 Å². The molecule has 0 amide bonds. The van der Waals surface area contributed by atoms with E-state index in [2.05, 4.69) is 16.3 Å². The standard InChI is InChI=1S/C23H17N3O2S/c1-17-12-14-20(15-13-17)29(27,28)22-23(16-24,19-10-6-3-7-11-19)21(25-26-22)18-8-4-2-5-9-18/h2-15H,1H3. The Labute approximate surface area is 169 Å². The summed E-state index contributed by atoms with van der Waals surface area (Å²) >= 11 is 0. The summed E-state index contributed by atoms with van der Waals surface area (Å²) in [5.41, 5.74) is 0.769. The first-order valence-corrected chi connectivity index (χ1v) is 10.5. The maximum atomic E-state index is 13.5. The maximum absolute atomic E-state index is 13.5. The Kier molecular flexibility index (Phi) is 4.61. The highest BCUT2D eigenvalue weighted by atomic mass is 32.2. The summed E-state index contributed by atoms with van der Waals surface area (Å²) in [5, 5.41) is 18.3. The van der Waals surface area contributed by atoms with Gasteiger partial charge >= 0.3 is 0 Å². The molecule has 0 aromatic heterocycles. The molecule has 0 fully saturated rings. The van der Waals surface area contributed by atoms with Gasteiger partial charge in [0.2, 0.25) is 9.84 Å². The number of hydrogen-bond donors (Lipinski definition) is 0. The molecule has 1 unspecified atom stereocenters. The van der Waals surface area contributed by atoms with Crippen LogP contribution in [-0.4, -0.2) is 19.2 Å². The van der Waals surface area contributed by atoms with Crippen molar-refractivity contribution in [2.45, 2.75) is 17.2 Å². The van der Waals surface area contributed by atoms with Gasteiger partial charge in [-0.25, -0.2) is 8.42 Å². The molecule has 1 atom stereocenters. The molecule has 1 heterocycles. The fourth-order valence-electron chi connectivity index (χ4n) is 3.41. The summed E-state index contributed by atoms with van der Waals surface area (Å²) < 4.78 is 27.0. The van der Waals surface area contributed by atoms with Crippen molar-refractivity contribution >= 4 is 20.6 Å². The van der Waals surface area contributed by atoms with Crippen LogP contribution in [0.3, 0.4) is 0 Å². The van der Waals surface area contributed by atoms with E-state index in [0.717, 1.165) is 5.56 Å². The average Bonchev–Trinajstić information content (AvgIpc) is 3.17. The molecular weight excluding hydrogens is 382 g/mol. The van der Waals surface area contributed by atoms with E-state index in [1.165, 1.54) is 12.1 Å². The third kappa shape index (κ3) is 2.96. The summed E-state index contributed by atoms with van der Waals surface area (Å²) in [4.78, 5) is 0.0851. The monoisotopic (exact) mass is 399 g/mol. The van der Waals surface area contributed by atoms with E-state index >= 15 is 0 Å². The molecule has 0 bridgehead atoms. The molecule has 0 aliphatic carbocycles. The van der Waals surface area contributed by atoms with Crippen LogP contribution in [0.25, 0.3) is 0 Å². The second kappa shape index (κ2) is 7.12. The zero-order chi connectivity index (χ0) is 20.5. The Morgan fingerprint density at radius 2 is 1.41 bits per heavy atom. The van der Waals surface area contributed by atoms with Crippen LogP contribution in [0.15, 0.2) is 100 Å². The first kappa shape index (κ1) is 18.8. The Bertz CT molecular complexity index is 1260. The Balaban J connectivity index is 1.96. The largest absolute Gasteiger partial charge is 0.224 e. The van der Waals surface area contributed by atoms with Crippen LogP contribution in [0, 0.1) is 18.3 Å². The third-order valence-electron chi connectivity index (χ3n) is 4.92. The van der Waals surface area contributed by atoms with Crippen molar-refractivity contribution in [3.8, 4) is 6.07 Å². The number of benzene rings is 3. The van der Waals surface area contributed by atoms with E-state index < -0.39 is 15.3 Å². The second-order valence-corrected chi connectivity index (χ2v) is 8.63. The fraction of sp³-hybridized carbons (Fsp3) is 0.0870. The lowest BCUT2D eigenvalue weighted by Crippen LogP contribution is -2.44. The molecule has 29 heavy (non-hydrogen) atoms. The quantitative estimate of drug-likeness (QED) is 0.666. The summed E-state index contributed by atoms with van der Waals surface area (Å²) in [7, 11) is -4.05. The lowest BCUT2D eigenvalue weighted by Gasteiger charge is -2.25. The smallest absolute Gasteiger partial charge is 0.217 e. The van der Waals surface area contributed by atoms with Gasteiger partial charge in [-0.2, -0.15) is 10.4 Å². The molecule has 142 valence electrons. The highest BCUT2D eigenvalue weighted by Crippen LogP contribution is 2.38. The van der Waals surface area contributed by atoms with Crippen molar-refractivity contribution in [2.24, 2.45) is 10.2 Å². The van der Waals surface area contributed by atoms with E-state index in [-0.39, 0.29) is 9.94 Å². The molecule has 0 spiro atoms. The lowest BCUT2D eigenvalue weighted by molar-refractivity contribution is 0.605. The van der Waals surface area contributed by atoms with Crippen LogP contribution in [0.4, 0.5) is 0 Å². The SMILES string of the molecule is Cc1ccc(S(=O)(=O)C2=NN=C(c3ccccc3)C2(C#N)c2ccccc2)cc1. The number of rotatable bonds is 3. The molecule has 6 heteroatoms. The van der Waals surface area contributed by atoms with Crippen molar-refractivity contribution in [3.63, 3.8) is 0 Å². The number of hydrogen-bond acceptors (Lipinski definition) is 5. The molecular formula is C23H17N3O2S. The first-order valence-electron chi connectivity index (χ1n) is 9.01. The summed E-state index contributed by atoms with van der Waals surface area (Å²) in [6.45, 7) is 1.88. The van der Waals surface area contributed by atoms with Crippen LogP contribution in [0.2, 0.25) is 0 Å². The zero-order valence-electron chi connectivity index (χ0n) is 15.6. The van der Waals surface area contributed by atoms with Gasteiger partial charge in [-0.1, -0.05) is 78.4 Å². The maximum Gasteiger partial charge on any atom is 0.224 e. The Morgan fingerprint density at radius 3 is 2.00 bits per heavy atom. The predicted octanol–water partition coefficient (Wildman–Crippen LogP) is 4.05. The van der Waals surface area contributed by atoms with Gasteiger partial charge < -0.3 is 0 Å². The highest BCUT2D eigenvalue weighted by molar-refractivity contribution is 8.06. The number of aryl methyl sites for hydroxylation is 1. The molecule has 1 aliphatic heterocycles. The van der Waals surface area contributed by atoms with Gasteiger partial charge in [-0.3, -0.25) is 0 Å². The van der Waals surface area contributed by atoms with Gasteiger partial charge in [0, 0.05) is 5.56 Å². The average molecular weight is 399 g/mol. The van der Waals surface area contributed by atoms with Crippen LogP contribution in [-0.2, 0) is 15.3 Å². The summed E-state index contributed by atoms with van der Waals surface area (Å²) in [6, 6.07) is 26.6. The van der Waals surface area contributed by atoms with Crippen molar-refractivity contribution in [2.75, 3.05) is 0 Å². The minimum Gasteiger partial charge on any atom is -0.217 e. The topological polar surface area (TPSA) is 82.7 Å².